The number of carbonyl (C=O) groups excluding carboxylic acids is 1. The molecule has 94 valence electrons. The Morgan fingerprint density at radius 1 is 1.50 bits per heavy atom. The molecule has 1 aromatic carbocycles. The summed E-state index contributed by atoms with van der Waals surface area (Å²) in [5, 5.41) is 13.6. The highest BCUT2D eigenvalue weighted by atomic mass is 19.1. The zero-order valence-corrected chi connectivity index (χ0v) is 10.0. The van der Waals surface area contributed by atoms with E-state index in [9.17, 15) is 9.18 Å². The van der Waals surface area contributed by atoms with Gasteiger partial charge in [0.05, 0.1) is 6.42 Å². The van der Waals surface area contributed by atoms with Gasteiger partial charge in [0.25, 0.3) is 0 Å². The number of benzene rings is 1. The largest absolute Gasteiger partial charge is 0.387 e. The van der Waals surface area contributed by atoms with Gasteiger partial charge in [0.1, 0.15) is 5.82 Å². The van der Waals surface area contributed by atoms with Crippen LogP contribution in [0.3, 0.4) is 0 Å². The van der Waals surface area contributed by atoms with Gasteiger partial charge in [-0.2, -0.15) is 0 Å². The molecule has 1 heterocycles. The van der Waals surface area contributed by atoms with E-state index in [1.54, 1.807) is 14.1 Å². The van der Waals surface area contributed by atoms with Gasteiger partial charge in [-0.05, 0) is 28.6 Å². The van der Waals surface area contributed by atoms with Gasteiger partial charge in [0, 0.05) is 25.3 Å². The normalized spacial score (nSPS) is 10.4. The number of nitrogens with zero attached hydrogens (tertiary/aromatic N) is 4. The van der Waals surface area contributed by atoms with Gasteiger partial charge in [0.15, 0.2) is 11.6 Å². The number of hydrogen-bond donors (Lipinski definition) is 1. The molecule has 7 heteroatoms. The Balaban J connectivity index is 2.26. The van der Waals surface area contributed by atoms with Crippen molar-refractivity contribution in [2.24, 2.45) is 7.05 Å². The molecule has 0 unspecified atom stereocenters. The molecular formula is C11H12FN5O. The van der Waals surface area contributed by atoms with E-state index in [2.05, 4.69) is 20.8 Å². The van der Waals surface area contributed by atoms with E-state index >= 15 is 0 Å². The molecule has 2 rings (SSSR count). The molecule has 0 aliphatic carbocycles. The number of ketones is 1. The second-order valence-corrected chi connectivity index (χ2v) is 3.76. The number of tetrazole rings is 1. The maximum absolute atomic E-state index is 13.1. The highest BCUT2D eigenvalue weighted by molar-refractivity contribution is 6.02. The van der Waals surface area contributed by atoms with Crippen LogP contribution in [0, 0.1) is 5.82 Å². The molecule has 2 aromatic rings. The fraction of sp³-hybridized carbons (Fsp3) is 0.273. The predicted molar refractivity (Wildman–Crippen MR) is 62.8 cm³/mol. The zero-order valence-electron chi connectivity index (χ0n) is 10.0. The van der Waals surface area contributed by atoms with E-state index in [1.165, 1.54) is 22.9 Å². The van der Waals surface area contributed by atoms with E-state index < -0.39 is 5.82 Å². The average Bonchev–Trinajstić information content (AvgIpc) is 2.74. The van der Waals surface area contributed by atoms with Crippen molar-refractivity contribution in [2.45, 2.75) is 6.42 Å². The summed E-state index contributed by atoms with van der Waals surface area (Å²) in [6.07, 6.45) is 0.0732. The minimum absolute atomic E-state index is 0.0732. The Hall–Kier alpha value is -2.31. The molecule has 0 aliphatic heterocycles. The lowest BCUT2D eigenvalue weighted by Crippen LogP contribution is -2.11. The number of aryl methyl sites for hydroxylation is 1. The SMILES string of the molecule is CNc1cc(F)ccc1C(=O)Cc1nnnn1C. The Kier molecular flexibility index (Phi) is 3.31. The van der Waals surface area contributed by atoms with E-state index in [4.69, 9.17) is 0 Å². The Morgan fingerprint density at radius 3 is 2.89 bits per heavy atom. The lowest BCUT2D eigenvalue weighted by atomic mass is 10.1. The topological polar surface area (TPSA) is 72.7 Å². The summed E-state index contributed by atoms with van der Waals surface area (Å²) < 4.78 is 14.5. The van der Waals surface area contributed by atoms with Crippen LogP contribution in [-0.4, -0.2) is 33.0 Å². The van der Waals surface area contributed by atoms with Crippen molar-refractivity contribution in [2.75, 3.05) is 12.4 Å². The molecule has 0 saturated heterocycles. The molecular weight excluding hydrogens is 237 g/mol. The first-order valence-electron chi connectivity index (χ1n) is 5.33. The molecule has 1 aromatic heterocycles. The van der Waals surface area contributed by atoms with Gasteiger partial charge in [-0.3, -0.25) is 4.79 Å². The van der Waals surface area contributed by atoms with E-state index in [1.807, 2.05) is 0 Å². The van der Waals surface area contributed by atoms with Gasteiger partial charge in [-0.1, -0.05) is 0 Å². The molecule has 0 bridgehead atoms. The van der Waals surface area contributed by atoms with Crippen molar-refractivity contribution < 1.29 is 9.18 Å². The third kappa shape index (κ3) is 2.34. The van der Waals surface area contributed by atoms with Crippen LogP contribution in [0.1, 0.15) is 16.2 Å². The van der Waals surface area contributed by atoms with Crippen LogP contribution in [0.5, 0.6) is 0 Å². The monoisotopic (exact) mass is 249 g/mol. The van der Waals surface area contributed by atoms with E-state index in [0.717, 1.165) is 0 Å². The molecule has 6 nitrogen and oxygen atoms in total. The minimum atomic E-state index is -0.392. The van der Waals surface area contributed by atoms with Crippen LogP contribution in [0.25, 0.3) is 0 Å². The third-order valence-electron chi connectivity index (χ3n) is 2.58. The van der Waals surface area contributed by atoms with Crippen LogP contribution in [0.4, 0.5) is 10.1 Å². The van der Waals surface area contributed by atoms with Crippen LogP contribution in [0.15, 0.2) is 18.2 Å². The molecule has 0 amide bonds. The second-order valence-electron chi connectivity index (χ2n) is 3.76. The van der Waals surface area contributed by atoms with Crippen molar-refractivity contribution in [3.63, 3.8) is 0 Å². The van der Waals surface area contributed by atoms with Crippen molar-refractivity contribution in [1.29, 1.82) is 0 Å². The molecule has 0 spiro atoms. The van der Waals surface area contributed by atoms with Crippen molar-refractivity contribution in [3.8, 4) is 0 Å². The fourth-order valence-electron chi connectivity index (χ4n) is 1.60. The quantitative estimate of drug-likeness (QED) is 0.812. The first-order valence-corrected chi connectivity index (χ1v) is 5.33. The first-order chi connectivity index (χ1) is 8.61. The lowest BCUT2D eigenvalue weighted by molar-refractivity contribution is 0.0990. The summed E-state index contributed by atoms with van der Waals surface area (Å²) in [6.45, 7) is 0. The molecule has 0 fully saturated rings. The standard InChI is InChI=1S/C11H12FN5O/c1-13-9-5-7(12)3-4-8(9)10(18)6-11-14-15-16-17(11)2/h3-5,13H,6H2,1-2H3. The van der Waals surface area contributed by atoms with Gasteiger partial charge in [-0.25, -0.2) is 9.07 Å². The first kappa shape index (κ1) is 12.2. The predicted octanol–water partition coefficient (Wildman–Crippen LogP) is 0.816. The zero-order chi connectivity index (χ0) is 13.1. The van der Waals surface area contributed by atoms with E-state index in [0.29, 0.717) is 17.1 Å². The number of Topliss-reactive ketones (excluding diaryl/α,β-unsaturated/α-hetero) is 1. The minimum Gasteiger partial charge on any atom is -0.387 e. The lowest BCUT2D eigenvalue weighted by Gasteiger charge is -2.07. The molecule has 0 radical (unpaired) electrons. The van der Waals surface area contributed by atoms with Crippen molar-refractivity contribution in [1.82, 2.24) is 20.2 Å². The highest BCUT2D eigenvalue weighted by Gasteiger charge is 2.15. The third-order valence-corrected chi connectivity index (χ3v) is 2.58. The second kappa shape index (κ2) is 4.91. The average molecular weight is 249 g/mol. The summed E-state index contributed by atoms with van der Waals surface area (Å²) in [5.41, 5.74) is 0.872. The van der Waals surface area contributed by atoms with Gasteiger partial charge in [-0.15, -0.1) is 5.10 Å². The molecule has 18 heavy (non-hydrogen) atoms. The highest BCUT2D eigenvalue weighted by Crippen LogP contribution is 2.18. The van der Waals surface area contributed by atoms with Crippen LogP contribution >= 0.6 is 0 Å². The van der Waals surface area contributed by atoms with Crippen LogP contribution < -0.4 is 5.32 Å². The molecule has 1 N–H and O–H groups in total. The van der Waals surface area contributed by atoms with Crippen LogP contribution in [0.2, 0.25) is 0 Å². The summed E-state index contributed by atoms with van der Waals surface area (Å²) in [6, 6.07) is 3.98. The molecule has 0 saturated carbocycles. The Labute approximate surface area is 103 Å². The number of hydrogen-bond acceptors (Lipinski definition) is 5. The van der Waals surface area contributed by atoms with Gasteiger partial charge in [0.2, 0.25) is 0 Å². The Bertz CT molecular complexity index is 581. The number of halogens is 1. The van der Waals surface area contributed by atoms with Gasteiger partial charge >= 0.3 is 0 Å². The summed E-state index contributed by atoms with van der Waals surface area (Å²) in [4.78, 5) is 12.1. The number of rotatable bonds is 4. The molecule has 0 atom stereocenters. The number of aromatic nitrogens is 4. The van der Waals surface area contributed by atoms with Gasteiger partial charge < -0.3 is 5.32 Å². The smallest absolute Gasteiger partial charge is 0.172 e. The van der Waals surface area contributed by atoms with Crippen molar-refractivity contribution in [3.05, 3.63) is 35.4 Å². The Morgan fingerprint density at radius 2 is 2.28 bits per heavy atom. The molecule has 0 aliphatic rings. The van der Waals surface area contributed by atoms with E-state index in [-0.39, 0.29) is 12.2 Å². The summed E-state index contributed by atoms with van der Waals surface area (Å²) in [5.74, 6) is -0.0974. The summed E-state index contributed by atoms with van der Waals surface area (Å²) in [7, 11) is 3.29. The number of nitrogens with one attached hydrogen (secondary N) is 1. The summed E-state index contributed by atoms with van der Waals surface area (Å²) >= 11 is 0. The van der Waals surface area contributed by atoms with Crippen LogP contribution in [-0.2, 0) is 13.5 Å². The number of carbonyl (C=O) groups is 1. The maximum Gasteiger partial charge on any atom is 0.172 e. The fourth-order valence-corrected chi connectivity index (χ4v) is 1.60. The number of anilines is 1. The maximum atomic E-state index is 13.1. The van der Waals surface area contributed by atoms with Crippen molar-refractivity contribution >= 4 is 11.5 Å².